The molecule has 5 heteroatoms. The zero-order valence-corrected chi connectivity index (χ0v) is 16.0. The summed E-state index contributed by atoms with van der Waals surface area (Å²) < 4.78 is 0. The minimum atomic E-state index is -0.0733. The largest absolute Gasteiger partial charge is 0.377 e. The maximum Gasteiger partial charge on any atom is 0.226 e. The molecule has 0 spiro atoms. The molecule has 1 rings (SSSR count). The van der Waals surface area contributed by atoms with Crippen LogP contribution in [0.4, 0.5) is 11.4 Å². The van der Waals surface area contributed by atoms with E-state index >= 15 is 0 Å². The molecule has 0 unspecified atom stereocenters. The van der Waals surface area contributed by atoms with Crippen LogP contribution < -0.4 is 10.2 Å². The van der Waals surface area contributed by atoms with Crippen molar-refractivity contribution in [2.75, 3.05) is 24.3 Å². The molecule has 1 N–H and O–H groups in total. The third kappa shape index (κ3) is 5.25. The summed E-state index contributed by atoms with van der Waals surface area (Å²) in [6, 6.07) is 5.98. The summed E-state index contributed by atoms with van der Waals surface area (Å²) >= 11 is 0. The molecule has 134 valence electrons. The number of anilines is 2. The van der Waals surface area contributed by atoms with Gasteiger partial charge in [0.1, 0.15) is 0 Å². The topological polar surface area (TPSA) is 52.7 Å². The van der Waals surface area contributed by atoms with E-state index in [9.17, 15) is 9.59 Å². The van der Waals surface area contributed by atoms with Gasteiger partial charge in [-0.15, -0.1) is 0 Å². The second kappa shape index (κ2) is 8.71. The Hall–Kier alpha value is -2.04. The fourth-order valence-electron chi connectivity index (χ4n) is 2.46. The molecule has 0 aliphatic rings. The molecule has 5 nitrogen and oxygen atoms in total. The van der Waals surface area contributed by atoms with Crippen LogP contribution >= 0.6 is 0 Å². The molecule has 0 fully saturated rings. The van der Waals surface area contributed by atoms with Crippen LogP contribution in [-0.4, -0.2) is 36.9 Å². The molecule has 0 aliphatic heterocycles. The fraction of sp³-hybridized carbons (Fsp3) is 0.579. The third-order valence-corrected chi connectivity index (χ3v) is 3.94. The monoisotopic (exact) mass is 333 g/mol. The first kappa shape index (κ1) is 20.0. The number of hydrogen-bond donors (Lipinski definition) is 1. The quantitative estimate of drug-likeness (QED) is 0.831. The number of carbonyl (C=O) groups excluding carboxylic acids is 2. The third-order valence-electron chi connectivity index (χ3n) is 3.94. The molecule has 0 atom stereocenters. The Labute approximate surface area is 146 Å². The molecule has 24 heavy (non-hydrogen) atoms. The van der Waals surface area contributed by atoms with E-state index in [1.165, 1.54) is 0 Å². The zero-order valence-electron chi connectivity index (χ0n) is 16.0. The Kier molecular flexibility index (Phi) is 7.26. The van der Waals surface area contributed by atoms with E-state index in [4.69, 9.17) is 0 Å². The Morgan fingerprint density at radius 2 is 1.75 bits per heavy atom. The van der Waals surface area contributed by atoms with Gasteiger partial charge in [0.05, 0.1) is 0 Å². The highest BCUT2D eigenvalue weighted by molar-refractivity contribution is 5.92. The lowest BCUT2D eigenvalue weighted by Gasteiger charge is -2.29. The summed E-state index contributed by atoms with van der Waals surface area (Å²) in [7, 11) is 3.96. The van der Waals surface area contributed by atoms with Crippen molar-refractivity contribution in [2.24, 2.45) is 5.92 Å². The van der Waals surface area contributed by atoms with Crippen molar-refractivity contribution in [1.82, 2.24) is 4.90 Å². The lowest BCUT2D eigenvalue weighted by atomic mass is 10.1. The maximum absolute atomic E-state index is 12.2. The van der Waals surface area contributed by atoms with Gasteiger partial charge in [0, 0.05) is 50.4 Å². The Morgan fingerprint density at radius 3 is 2.21 bits per heavy atom. The van der Waals surface area contributed by atoms with Gasteiger partial charge in [-0.1, -0.05) is 20.8 Å². The number of nitrogens with zero attached hydrogens (tertiary/aromatic N) is 2. The van der Waals surface area contributed by atoms with Crippen LogP contribution in [0.5, 0.6) is 0 Å². The van der Waals surface area contributed by atoms with Crippen molar-refractivity contribution in [3.63, 3.8) is 0 Å². The van der Waals surface area contributed by atoms with Crippen molar-refractivity contribution < 1.29 is 9.59 Å². The first-order chi connectivity index (χ1) is 11.2. The first-order valence-corrected chi connectivity index (χ1v) is 8.57. The van der Waals surface area contributed by atoms with Crippen molar-refractivity contribution in [2.45, 2.75) is 53.6 Å². The van der Waals surface area contributed by atoms with Crippen molar-refractivity contribution in [1.29, 1.82) is 0 Å². The fourth-order valence-corrected chi connectivity index (χ4v) is 2.46. The molecule has 0 saturated carbocycles. The summed E-state index contributed by atoms with van der Waals surface area (Å²) in [5, 5.41) is 2.93. The zero-order chi connectivity index (χ0) is 18.4. The highest BCUT2D eigenvalue weighted by Crippen LogP contribution is 2.25. The maximum atomic E-state index is 12.2. The van der Waals surface area contributed by atoms with Crippen molar-refractivity contribution >= 4 is 23.2 Å². The van der Waals surface area contributed by atoms with Gasteiger partial charge in [0.2, 0.25) is 11.8 Å². The van der Waals surface area contributed by atoms with Gasteiger partial charge in [-0.05, 0) is 37.6 Å². The number of amides is 2. The Balaban J connectivity index is 3.16. The van der Waals surface area contributed by atoms with Gasteiger partial charge in [0.25, 0.3) is 0 Å². The second-order valence-corrected chi connectivity index (χ2v) is 6.85. The van der Waals surface area contributed by atoms with Gasteiger partial charge in [-0.2, -0.15) is 0 Å². The number of rotatable bonds is 7. The van der Waals surface area contributed by atoms with Crippen LogP contribution in [-0.2, 0) is 16.1 Å². The molecular formula is C19H31N3O2. The molecule has 0 heterocycles. The van der Waals surface area contributed by atoms with Gasteiger partial charge in [0.15, 0.2) is 0 Å². The summed E-state index contributed by atoms with van der Waals surface area (Å²) in [5.74, 6) is 0.0473. The van der Waals surface area contributed by atoms with Crippen molar-refractivity contribution in [3.05, 3.63) is 23.8 Å². The normalized spacial score (nSPS) is 10.9. The lowest BCUT2D eigenvalue weighted by molar-refractivity contribution is -0.133. The molecule has 2 amide bonds. The lowest BCUT2D eigenvalue weighted by Crippen LogP contribution is -2.36. The average Bonchev–Trinajstić information content (AvgIpc) is 2.51. The van der Waals surface area contributed by atoms with Crippen LogP contribution in [0.25, 0.3) is 0 Å². The highest BCUT2D eigenvalue weighted by atomic mass is 16.2. The van der Waals surface area contributed by atoms with E-state index in [0.717, 1.165) is 16.9 Å². The molecular weight excluding hydrogens is 302 g/mol. The molecule has 0 aromatic heterocycles. The predicted octanol–water partition coefficient (Wildman–Crippen LogP) is 3.49. The SMILES string of the molecule is CCC(=O)N(Cc1cc(NC(=O)C(C)C)ccc1N(C)C)C(C)C. The molecule has 1 aromatic rings. The number of nitrogens with one attached hydrogen (secondary N) is 1. The Morgan fingerprint density at radius 1 is 1.12 bits per heavy atom. The highest BCUT2D eigenvalue weighted by Gasteiger charge is 2.18. The molecule has 0 aliphatic carbocycles. The van der Waals surface area contributed by atoms with E-state index in [1.807, 2.05) is 76.7 Å². The van der Waals surface area contributed by atoms with Crippen LogP contribution in [0.3, 0.4) is 0 Å². The minimum Gasteiger partial charge on any atom is -0.377 e. The minimum absolute atomic E-state index is 0.0103. The van der Waals surface area contributed by atoms with E-state index in [2.05, 4.69) is 5.32 Å². The van der Waals surface area contributed by atoms with Crippen molar-refractivity contribution in [3.8, 4) is 0 Å². The van der Waals surface area contributed by atoms with Gasteiger partial charge in [-0.25, -0.2) is 0 Å². The van der Waals surface area contributed by atoms with Crippen LogP contribution in [0.15, 0.2) is 18.2 Å². The summed E-state index contributed by atoms with van der Waals surface area (Å²) in [5.41, 5.74) is 2.84. The number of hydrogen-bond acceptors (Lipinski definition) is 3. The summed E-state index contributed by atoms with van der Waals surface area (Å²) in [6.07, 6.45) is 0.485. The second-order valence-electron chi connectivity index (χ2n) is 6.85. The van der Waals surface area contributed by atoms with E-state index in [0.29, 0.717) is 13.0 Å². The van der Waals surface area contributed by atoms with Crippen LogP contribution in [0, 0.1) is 5.92 Å². The first-order valence-electron chi connectivity index (χ1n) is 8.57. The summed E-state index contributed by atoms with van der Waals surface area (Å²) in [6.45, 7) is 10.2. The van der Waals surface area contributed by atoms with Gasteiger partial charge < -0.3 is 15.1 Å². The molecule has 1 aromatic carbocycles. The molecule has 0 radical (unpaired) electrons. The van der Waals surface area contributed by atoms with E-state index < -0.39 is 0 Å². The van der Waals surface area contributed by atoms with Gasteiger partial charge in [-0.3, -0.25) is 9.59 Å². The van der Waals surface area contributed by atoms with E-state index in [1.54, 1.807) is 0 Å². The molecule has 0 bridgehead atoms. The predicted molar refractivity (Wildman–Crippen MR) is 100 cm³/mol. The van der Waals surface area contributed by atoms with Gasteiger partial charge >= 0.3 is 0 Å². The average molecular weight is 333 g/mol. The van der Waals surface area contributed by atoms with E-state index in [-0.39, 0.29) is 23.8 Å². The smallest absolute Gasteiger partial charge is 0.226 e. The standard InChI is InChI=1S/C19H31N3O2/c1-8-18(23)22(14(4)5)12-15-11-16(20-19(24)13(2)3)9-10-17(15)21(6)7/h9-11,13-14H,8,12H2,1-7H3,(H,20,24). The van der Waals surface area contributed by atoms with Crippen LogP contribution in [0.2, 0.25) is 0 Å². The number of carbonyl (C=O) groups is 2. The van der Waals surface area contributed by atoms with Crippen LogP contribution in [0.1, 0.15) is 46.6 Å². The Bertz CT molecular complexity index is 580. The molecule has 0 saturated heterocycles. The number of benzene rings is 1. The summed E-state index contributed by atoms with van der Waals surface area (Å²) in [4.78, 5) is 28.1.